The molecule has 0 atom stereocenters. The Hall–Kier alpha value is -2.04. The summed E-state index contributed by atoms with van der Waals surface area (Å²) in [6.07, 6.45) is 0.990. The first kappa shape index (κ1) is 11.4. The van der Waals surface area contributed by atoms with Crippen LogP contribution in [0.15, 0.2) is 18.2 Å². The summed E-state index contributed by atoms with van der Waals surface area (Å²) < 4.78 is 0. The van der Waals surface area contributed by atoms with Crippen LogP contribution >= 0.6 is 0 Å². The fourth-order valence-corrected chi connectivity index (χ4v) is 2.00. The number of rotatable bonds is 3. The van der Waals surface area contributed by atoms with E-state index in [1.165, 1.54) is 0 Å². The van der Waals surface area contributed by atoms with Gasteiger partial charge in [0, 0.05) is 30.8 Å². The number of amides is 2. The average molecular weight is 233 g/mol. The van der Waals surface area contributed by atoms with E-state index in [2.05, 4.69) is 0 Å². The number of hydrogen-bond donors (Lipinski definition) is 2. The molecule has 5 nitrogen and oxygen atoms in total. The molecule has 90 valence electrons. The Morgan fingerprint density at radius 1 is 1.41 bits per heavy atom. The van der Waals surface area contributed by atoms with Gasteiger partial charge in [-0.3, -0.25) is 9.59 Å². The third kappa shape index (κ3) is 2.38. The van der Waals surface area contributed by atoms with Crippen LogP contribution in [0, 0.1) is 0 Å². The van der Waals surface area contributed by atoms with Gasteiger partial charge in [0.05, 0.1) is 0 Å². The number of carbonyl (C=O) groups excluding carboxylic acids is 2. The maximum absolute atomic E-state index is 12.1. The van der Waals surface area contributed by atoms with Crippen LogP contribution in [-0.4, -0.2) is 29.8 Å². The van der Waals surface area contributed by atoms with Crippen molar-refractivity contribution in [3.63, 3.8) is 0 Å². The largest absolute Gasteiger partial charge is 0.399 e. The van der Waals surface area contributed by atoms with Crippen LogP contribution in [-0.2, 0) is 11.2 Å². The van der Waals surface area contributed by atoms with E-state index in [1.807, 2.05) is 6.07 Å². The maximum Gasteiger partial charge on any atom is 0.254 e. The lowest BCUT2D eigenvalue weighted by Crippen LogP contribution is -2.39. The van der Waals surface area contributed by atoms with Gasteiger partial charge < -0.3 is 16.4 Å². The predicted octanol–water partition coefficient (Wildman–Crippen LogP) is 0.143. The van der Waals surface area contributed by atoms with Crippen molar-refractivity contribution < 1.29 is 9.59 Å². The highest BCUT2D eigenvalue weighted by molar-refractivity contribution is 5.97. The van der Waals surface area contributed by atoms with E-state index in [9.17, 15) is 9.59 Å². The van der Waals surface area contributed by atoms with Crippen molar-refractivity contribution in [1.29, 1.82) is 0 Å². The first-order chi connectivity index (χ1) is 8.08. The highest BCUT2D eigenvalue weighted by Crippen LogP contribution is 2.21. The molecular formula is C12H15N3O2. The molecule has 0 spiro atoms. The summed E-state index contributed by atoms with van der Waals surface area (Å²) in [4.78, 5) is 24.5. The highest BCUT2D eigenvalue weighted by atomic mass is 16.2. The molecule has 1 aromatic carbocycles. The SMILES string of the molecule is NC(=O)CCN1CCc2ccc(N)cc2C1=O. The maximum atomic E-state index is 12.1. The van der Waals surface area contributed by atoms with Crippen LogP contribution in [0.3, 0.4) is 0 Å². The van der Waals surface area contributed by atoms with Gasteiger partial charge in [-0.2, -0.15) is 0 Å². The van der Waals surface area contributed by atoms with E-state index in [4.69, 9.17) is 11.5 Å². The minimum atomic E-state index is -0.392. The Kier molecular flexibility index (Phi) is 2.99. The predicted molar refractivity (Wildman–Crippen MR) is 64.3 cm³/mol. The molecule has 0 aliphatic carbocycles. The molecule has 2 rings (SSSR count). The van der Waals surface area contributed by atoms with Gasteiger partial charge in [0.25, 0.3) is 5.91 Å². The van der Waals surface area contributed by atoms with Gasteiger partial charge in [-0.05, 0) is 24.1 Å². The van der Waals surface area contributed by atoms with Crippen LogP contribution in [0.1, 0.15) is 22.3 Å². The summed E-state index contributed by atoms with van der Waals surface area (Å²) in [6.45, 7) is 1.01. The van der Waals surface area contributed by atoms with E-state index >= 15 is 0 Å². The molecule has 0 radical (unpaired) electrons. The lowest BCUT2D eigenvalue weighted by molar-refractivity contribution is -0.118. The smallest absolute Gasteiger partial charge is 0.254 e. The van der Waals surface area contributed by atoms with Gasteiger partial charge in [0.15, 0.2) is 0 Å². The minimum absolute atomic E-state index is 0.0696. The monoisotopic (exact) mass is 233 g/mol. The molecule has 0 fully saturated rings. The molecule has 17 heavy (non-hydrogen) atoms. The second-order valence-electron chi connectivity index (χ2n) is 4.18. The lowest BCUT2D eigenvalue weighted by Gasteiger charge is -2.28. The Bertz CT molecular complexity index is 471. The number of primary amides is 1. The van der Waals surface area contributed by atoms with Gasteiger partial charge in [-0.1, -0.05) is 6.07 Å². The fraction of sp³-hybridized carbons (Fsp3) is 0.333. The highest BCUT2D eigenvalue weighted by Gasteiger charge is 2.24. The van der Waals surface area contributed by atoms with Crippen molar-refractivity contribution >= 4 is 17.5 Å². The van der Waals surface area contributed by atoms with Gasteiger partial charge in [0.1, 0.15) is 0 Å². The molecule has 1 aliphatic rings. The van der Waals surface area contributed by atoms with Crippen molar-refractivity contribution in [2.24, 2.45) is 5.73 Å². The van der Waals surface area contributed by atoms with Crippen molar-refractivity contribution in [3.05, 3.63) is 29.3 Å². The fourth-order valence-electron chi connectivity index (χ4n) is 2.00. The molecule has 0 bridgehead atoms. The Morgan fingerprint density at radius 2 is 2.18 bits per heavy atom. The Labute approximate surface area is 99.4 Å². The van der Waals surface area contributed by atoms with Gasteiger partial charge in [-0.25, -0.2) is 0 Å². The molecule has 0 aromatic heterocycles. The zero-order valence-corrected chi connectivity index (χ0v) is 9.48. The number of carbonyl (C=O) groups is 2. The number of benzene rings is 1. The second kappa shape index (κ2) is 4.45. The number of fused-ring (bicyclic) bond motifs is 1. The van der Waals surface area contributed by atoms with E-state index in [0.717, 1.165) is 12.0 Å². The summed E-state index contributed by atoms with van der Waals surface area (Å²) in [5.41, 5.74) is 13.0. The van der Waals surface area contributed by atoms with Gasteiger partial charge >= 0.3 is 0 Å². The first-order valence-corrected chi connectivity index (χ1v) is 5.54. The topological polar surface area (TPSA) is 89.4 Å². The second-order valence-corrected chi connectivity index (χ2v) is 4.18. The lowest BCUT2D eigenvalue weighted by atomic mass is 9.98. The summed E-state index contributed by atoms with van der Waals surface area (Å²) in [6, 6.07) is 5.37. The van der Waals surface area contributed by atoms with Crippen LogP contribution in [0.25, 0.3) is 0 Å². The van der Waals surface area contributed by atoms with Crippen LogP contribution in [0.4, 0.5) is 5.69 Å². The Balaban J connectivity index is 2.17. The molecule has 0 unspecified atom stereocenters. The standard InChI is InChI=1S/C12H15N3O2/c13-9-2-1-8-3-5-15(6-4-11(14)16)12(17)10(8)7-9/h1-2,7H,3-6,13H2,(H2,14,16). The van der Waals surface area contributed by atoms with E-state index in [0.29, 0.717) is 24.3 Å². The molecule has 0 saturated carbocycles. The molecule has 2 amide bonds. The molecule has 1 aliphatic heterocycles. The summed E-state index contributed by atoms with van der Waals surface area (Å²) in [5, 5.41) is 0. The molecule has 1 aromatic rings. The van der Waals surface area contributed by atoms with Crippen molar-refractivity contribution in [3.8, 4) is 0 Å². The van der Waals surface area contributed by atoms with Crippen molar-refractivity contribution in [2.75, 3.05) is 18.8 Å². The molecule has 1 heterocycles. The number of nitrogens with zero attached hydrogens (tertiary/aromatic N) is 1. The van der Waals surface area contributed by atoms with Gasteiger partial charge in [-0.15, -0.1) is 0 Å². The normalized spacial score (nSPS) is 14.6. The molecule has 5 heteroatoms. The van der Waals surface area contributed by atoms with E-state index in [1.54, 1.807) is 17.0 Å². The summed E-state index contributed by atoms with van der Waals surface area (Å²) in [7, 11) is 0. The third-order valence-electron chi connectivity index (χ3n) is 2.93. The number of nitrogen functional groups attached to an aromatic ring is 1. The molecular weight excluding hydrogens is 218 g/mol. The average Bonchev–Trinajstić information content (AvgIpc) is 2.29. The van der Waals surface area contributed by atoms with Crippen LogP contribution in [0.5, 0.6) is 0 Å². The molecule has 0 saturated heterocycles. The first-order valence-electron chi connectivity index (χ1n) is 5.54. The van der Waals surface area contributed by atoms with Gasteiger partial charge in [0.2, 0.25) is 5.91 Å². The number of hydrogen-bond acceptors (Lipinski definition) is 3. The zero-order valence-electron chi connectivity index (χ0n) is 9.48. The quantitative estimate of drug-likeness (QED) is 0.728. The zero-order chi connectivity index (χ0) is 12.4. The summed E-state index contributed by atoms with van der Waals surface area (Å²) >= 11 is 0. The molecule has 4 N–H and O–H groups in total. The van der Waals surface area contributed by atoms with Crippen LogP contribution < -0.4 is 11.5 Å². The number of nitrogens with two attached hydrogens (primary N) is 2. The van der Waals surface area contributed by atoms with Crippen molar-refractivity contribution in [1.82, 2.24) is 4.90 Å². The summed E-state index contributed by atoms with van der Waals surface area (Å²) in [5.74, 6) is -0.462. The third-order valence-corrected chi connectivity index (χ3v) is 2.93. The number of anilines is 1. The van der Waals surface area contributed by atoms with E-state index in [-0.39, 0.29) is 12.3 Å². The van der Waals surface area contributed by atoms with Crippen LogP contribution in [0.2, 0.25) is 0 Å². The minimum Gasteiger partial charge on any atom is -0.399 e. The Morgan fingerprint density at radius 3 is 2.88 bits per heavy atom. The van der Waals surface area contributed by atoms with Crippen molar-refractivity contribution in [2.45, 2.75) is 12.8 Å². The van der Waals surface area contributed by atoms with E-state index < -0.39 is 5.91 Å².